The van der Waals surface area contributed by atoms with Crippen LogP contribution in [0.15, 0.2) is 23.1 Å². The van der Waals surface area contributed by atoms with Crippen LogP contribution in [0.2, 0.25) is 0 Å². The summed E-state index contributed by atoms with van der Waals surface area (Å²) in [5, 5.41) is 0. The minimum Gasteiger partial charge on any atom is -0.399 e. The first-order chi connectivity index (χ1) is 9.39. The molecule has 0 bridgehead atoms. The summed E-state index contributed by atoms with van der Waals surface area (Å²) in [7, 11) is -2.12. The molecule has 1 aliphatic carbocycles. The van der Waals surface area contributed by atoms with Gasteiger partial charge in [-0.3, -0.25) is 0 Å². The van der Waals surface area contributed by atoms with Crippen LogP contribution in [0.1, 0.15) is 32.1 Å². The van der Waals surface area contributed by atoms with E-state index in [1.54, 1.807) is 7.05 Å². The lowest BCUT2D eigenvalue weighted by molar-refractivity contribution is 0.300. The molecule has 1 saturated carbocycles. The molecule has 112 valence electrons. The van der Waals surface area contributed by atoms with Gasteiger partial charge in [0.2, 0.25) is 10.0 Å². The number of hydrogen-bond acceptors (Lipinski definition) is 3. The van der Waals surface area contributed by atoms with Crippen LogP contribution in [0.5, 0.6) is 0 Å². The Balaban J connectivity index is 2.15. The predicted octanol–water partition coefficient (Wildman–Crippen LogP) is 2.61. The summed E-state index contributed by atoms with van der Waals surface area (Å²) >= 11 is 0. The highest BCUT2D eigenvalue weighted by Gasteiger charge is 2.25. The molecular formula is C14H21FN2O2S. The zero-order valence-electron chi connectivity index (χ0n) is 11.7. The molecular weight excluding hydrogens is 279 g/mol. The van der Waals surface area contributed by atoms with Crippen LogP contribution < -0.4 is 5.73 Å². The van der Waals surface area contributed by atoms with Gasteiger partial charge in [-0.1, -0.05) is 19.3 Å². The van der Waals surface area contributed by atoms with Crippen molar-refractivity contribution >= 4 is 15.7 Å². The first kappa shape index (κ1) is 15.3. The molecule has 20 heavy (non-hydrogen) atoms. The molecule has 0 unspecified atom stereocenters. The fraction of sp³-hybridized carbons (Fsp3) is 0.571. The summed E-state index contributed by atoms with van der Waals surface area (Å²) in [6.07, 6.45) is 5.67. The summed E-state index contributed by atoms with van der Waals surface area (Å²) in [4.78, 5) is -0.0756. The van der Waals surface area contributed by atoms with E-state index in [4.69, 9.17) is 5.73 Å². The molecule has 1 aromatic rings. The lowest BCUT2D eigenvalue weighted by Gasteiger charge is -2.26. The topological polar surface area (TPSA) is 63.4 Å². The number of nitrogens with zero attached hydrogens (tertiary/aromatic N) is 1. The second-order valence-corrected chi connectivity index (χ2v) is 7.55. The maximum Gasteiger partial charge on any atom is 0.243 e. The fourth-order valence-electron chi connectivity index (χ4n) is 2.74. The van der Waals surface area contributed by atoms with Gasteiger partial charge in [0, 0.05) is 19.3 Å². The first-order valence-corrected chi connectivity index (χ1v) is 8.36. The van der Waals surface area contributed by atoms with Crippen LogP contribution in [0.3, 0.4) is 0 Å². The Morgan fingerprint density at radius 3 is 2.50 bits per heavy atom. The highest BCUT2D eigenvalue weighted by Crippen LogP contribution is 2.26. The van der Waals surface area contributed by atoms with E-state index in [2.05, 4.69) is 0 Å². The molecule has 2 N–H and O–H groups in total. The third kappa shape index (κ3) is 3.49. The van der Waals surface area contributed by atoms with Gasteiger partial charge in [0.05, 0.1) is 4.90 Å². The van der Waals surface area contributed by atoms with Crippen LogP contribution in [0.25, 0.3) is 0 Å². The summed E-state index contributed by atoms with van der Waals surface area (Å²) in [5.41, 5.74) is 5.64. The van der Waals surface area contributed by atoms with E-state index in [-0.39, 0.29) is 10.6 Å². The molecule has 6 heteroatoms. The Morgan fingerprint density at radius 1 is 1.25 bits per heavy atom. The lowest BCUT2D eigenvalue weighted by atomic mass is 9.89. The minimum absolute atomic E-state index is 0.0756. The molecule has 2 rings (SSSR count). The van der Waals surface area contributed by atoms with Crippen LogP contribution >= 0.6 is 0 Å². The van der Waals surface area contributed by atoms with Gasteiger partial charge in [0.25, 0.3) is 0 Å². The molecule has 0 spiro atoms. The van der Waals surface area contributed by atoms with Crippen molar-refractivity contribution in [1.29, 1.82) is 0 Å². The van der Waals surface area contributed by atoms with Crippen molar-refractivity contribution in [2.75, 3.05) is 19.3 Å². The fourth-order valence-corrected chi connectivity index (χ4v) is 4.06. The van der Waals surface area contributed by atoms with Crippen molar-refractivity contribution in [2.24, 2.45) is 5.92 Å². The molecule has 0 atom stereocenters. The Morgan fingerprint density at radius 2 is 1.90 bits per heavy atom. The van der Waals surface area contributed by atoms with E-state index < -0.39 is 15.8 Å². The minimum atomic E-state index is -3.67. The van der Waals surface area contributed by atoms with Gasteiger partial charge in [-0.15, -0.1) is 0 Å². The third-order valence-electron chi connectivity index (χ3n) is 3.84. The average Bonchev–Trinajstić information content (AvgIpc) is 2.38. The smallest absolute Gasteiger partial charge is 0.243 e. The molecule has 4 nitrogen and oxygen atoms in total. The Labute approximate surface area is 119 Å². The number of halogens is 1. The quantitative estimate of drug-likeness (QED) is 0.869. The summed E-state index contributed by atoms with van der Waals surface area (Å²) in [5.74, 6) is -0.232. The summed E-state index contributed by atoms with van der Waals surface area (Å²) in [6.45, 7) is 0.485. The Bertz CT molecular complexity index is 548. The molecule has 1 aromatic carbocycles. The lowest BCUT2D eigenvalue weighted by Crippen LogP contribution is -2.32. The molecule has 0 heterocycles. The number of hydrogen-bond donors (Lipinski definition) is 1. The maximum atomic E-state index is 13.3. The molecule has 0 amide bonds. The Hall–Kier alpha value is -1.14. The van der Waals surface area contributed by atoms with Gasteiger partial charge in [0.1, 0.15) is 5.82 Å². The van der Waals surface area contributed by atoms with Gasteiger partial charge >= 0.3 is 0 Å². The predicted molar refractivity (Wildman–Crippen MR) is 77.2 cm³/mol. The van der Waals surface area contributed by atoms with Crippen LogP contribution in [0.4, 0.5) is 10.1 Å². The third-order valence-corrected chi connectivity index (χ3v) is 5.64. The number of sulfonamides is 1. The molecule has 0 saturated heterocycles. The number of rotatable bonds is 4. The number of nitrogens with two attached hydrogens (primary N) is 1. The molecule has 0 radical (unpaired) electrons. The number of nitrogen functional groups attached to an aromatic ring is 1. The maximum absolute atomic E-state index is 13.3. The van der Waals surface area contributed by atoms with Crippen LogP contribution in [0, 0.1) is 11.7 Å². The molecule has 0 aliphatic heterocycles. The van der Waals surface area contributed by atoms with E-state index >= 15 is 0 Å². The van der Waals surface area contributed by atoms with Crippen molar-refractivity contribution in [2.45, 2.75) is 37.0 Å². The second-order valence-electron chi connectivity index (χ2n) is 5.51. The highest BCUT2D eigenvalue weighted by atomic mass is 32.2. The zero-order chi connectivity index (χ0) is 14.8. The number of anilines is 1. The van der Waals surface area contributed by atoms with Crippen LogP contribution in [-0.4, -0.2) is 26.3 Å². The summed E-state index contributed by atoms with van der Waals surface area (Å²) in [6, 6.07) is 3.43. The van der Waals surface area contributed by atoms with Crippen molar-refractivity contribution < 1.29 is 12.8 Å². The largest absolute Gasteiger partial charge is 0.399 e. The SMILES string of the molecule is CN(CC1CCCCC1)S(=O)(=O)c1cc(N)cc(F)c1. The van der Waals surface area contributed by atoms with E-state index in [1.807, 2.05) is 0 Å². The van der Waals surface area contributed by atoms with Gasteiger partial charge in [0.15, 0.2) is 0 Å². The van der Waals surface area contributed by atoms with Gasteiger partial charge in [-0.05, 0) is 37.0 Å². The van der Waals surface area contributed by atoms with Crippen molar-refractivity contribution in [1.82, 2.24) is 4.31 Å². The highest BCUT2D eigenvalue weighted by molar-refractivity contribution is 7.89. The van der Waals surface area contributed by atoms with E-state index in [1.165, 1.54) is 16.8 Å². The van der Waals surface area contributed by atoms with Gasteiger partial charge in [-0.25, -0.2) is 17.1 Å². The van der Waals surface area contributed by atoms with Crippen LogP contribution in [-0.2, 0) is 10.0 Å². The van der Waals surface area contributed by atoms with Crippen molar-refractivity contribution in [3.8, 4) is 0 Å². The molecule has 0 aromatic heterocycles. The molecule has 1 fully saturated rings. The zero-order valence-corrected chi connectivity index (χ0v) is 12.5. The van der Waals surface area contributed by atoms with Gasteiger partial charge in [-0.2, -0.15) is 0 Å². The Kier molecular flexibility index (Phi) is 4.65. The second kappa shape index (κ2) is 6.10. The standard InChI is InChI=1S/C14H21FN2O2S/c1-17(10-11-5-3-2-4-6-11)20(18,19)14-8-12(15)7-13(16)9-14/h7-9,11H,2-6,10,16H2,1H3. The van der Waals surface area contributed by atoms with Crippen molar-refractivity contribution in [3.63, 3.8) is 0 Å². The molecule has 1 aliphatic rings. The number of benzene rings is 1. The van der Waals surface area contributed by atoms with E-state index in [0.717, 1.165) is 37.8 Å². The van der Waals surface area contributed by atoms with Crippen molar-refractivity contribution in [3.05, 3.63) is 24.0 Å². The summed E-state index contributed by atoms with van der Waals surface area (Å²) < 4.78 is 39.5. The van der Waals surface area contributed by atoms with E-state index in [0.29, 0.717) is 12.5 Å². The van der Waals surface area contributed by atoms with Gasteiger partial charge < -0.3 is 5.73 Å². The average molecular weight is 300 g/mol. The van der Waals surface area contributed by atoms with E-state index in [9.17, 15) is 12.8 Å². The normalized spacial score (nSPS) is 17.6. The first-order valence-electron chi connectivity index (χ1n) is 6.92. The monoisotopic (exact) mass is 300 g/mol.